The molecule has 0 spiro atoms. The zero-order valence-electron chi connectivity index (χ0n) is 11.9. The number of benzene rings is 1. The Morgan fingerprint density at radius 1 is 1.29 bits per heavy atom. The Balaban J connectivity index is 3.24. The van der Waals surface area contributed by atoms with Crippen molar-refractivity contribution in [2.24, 2.45) is 0 Å². The first-order valence-electron chi connectivity index (χ1n) is 6.39. The van der Waals surface area contributed by atoms with Crippen molar-refractivity contribution in [3.63, 3.8) is 0 Å². The first-order valence-corrected chi connectivity index (χ1v) is 8.59. The van der Waals surface area contributed by atoms with E-state index in [-0.39, 0.29) is 21.5 Å². The van der Waals surface area contributed by atoms with Gasteiger partial charge in [-0.15, -0.1) is 0 Å². The second-order valence-electron chi connectivity index (χ2n) is 4.41. The number of rotatable bonds is 5. The van der Waals surface area contributed by atoms with Crippen LogP contribution in [0.5, 0.6) is 0 Å². The van der Waals surface area contributed by atoms with Crippen molar-refractivity contribution < 1.29 is 13.5 Å². The molecule has 1 aromatic carbocycles. The summed E-state index contributed by atoms with van der Waals surface area (Å²) in [7, 11) is -2.24. The van der Waals surface area contributed by atoms with Crippen LogP contribution in [0.4, 0.5) is 0 Å². The molecule has 4 nitrogen and oxygen atoms in total. The van der Waals surface area contributed by atoms with Gasteiger partial charge in [-0.1, -0.05) is 48.4 Å². The number of aliphatic hydroxyl groups excluding tert-OH is 1. The lowest BCUT2D eigenvalue weighted by Gasteiger charge is -2.18. The van der Waals surface area contributed by atoms with E-state index in [0.717, 1.165) is 12.8 Å². The molecule has 0 saturated heterocycles. The molecule has 0 aliphatic carbocycles. The van der Waals surface area contributed by atoms with Gasteiger partial charge < -0.3 is 5.11 Å². The molecule has 1 rings (SSSR count). The predicted octanol–water partition coefficient (Wildman–Crippen LogP) is 2.76. The Kier molecular flexibility index (Phi) is 6.98. The largest absolute Gasteiger partial charge is 0.384 e. The monoisotopic (exact) mass is 349 g/mol. The maximum absolute atomic E-state index is 12.5. The van der Waals surface area contributed by atoms with E-state index in [1.165, 1.54) is 23.5 Å². The van der Waals surface area contributed by atoms with Crippen LogP contribution in [0.1, 0.15) is 25.3 Å². The maximum atomic E-state index is 12.5. The van der Waals surface area contributed by atoms with Crippen molar-refractivity contribution in [2.45, 2.75) is 24.7 Å². The summed E-state index contributed by atoms with van der Waals surface area (Å²) in [5.74, 6) is 5.10. The lowest BCUT2D eigenvalue weighted by atomic mass is 10.2. The Hall–Kier alpha value is -0.770. The van der Waals surface area contributed by atoms with E-state index in [4.69, 9.17) is 28.3 Å². The molecule has 0 saturated carbocycles. The number of halogens is 2. The smallest absolute Gasteiger partial charge is 0.245 e. The van der Waals surface area contributed by atoms with E-state index in [2.05, 4.69) is 11.8 Å². The number of unbranched alkanes of at least 4 members (excludes halogenated alkanes) is 1. The Morgan fingerprint density at radius 3 is 2.33 bits per heavy atom. The van der Waals surface area contributed by atoms with Crippen LogP contribution in [-0.2, 0) is 10.0 Å². The van der Waals surface area contributed by atoms with Gasteiger partial charge in [0.1, 0.15) is 11.5 Å². The molecular weight excluding hydrogens is 333 g/mol. The van der Waals surface area contributed by atoms with E-state index < -0.39 is 10.0 Å². The molecule has 0 heterocycles. The molecule has 0 aliphatic rings. The van der Waals surface area contributed by atoms with Gasteiger partial charge in [-0.2, -0.15) is 0 Å². The number of nitrogens with zero attached hydrogens (tertiary/aromatic N) is 1. The second kappa shape index (κ2) is 8.02. The molecule has 116 valence electrons. The third-order valence-corrected chi connectivity index (χ3v) is 5.58. The molecule has 1 aromatic rings. The molecule has 0 radical (unpaired) electrons. The van der Waals surface area contributed by atoms with E-state index >= 15 is 0 Å². The first-order chi connectivity index (χ1) is 9.84. The third kappa shape index (κ3) is 4.60. The predicted molar refractivity (Wildman–Crippen MR) is 85.1 cm³/mol. The van der Waals surface area contributed by atoms with E-state index in [1.54, 1.807) is 0 Å². The fourth-order valence-electron chi connectivity index (χ4n) is 1.68. The lowest BCUT2D eigenvalue weighted by molar-refractivity contribution is 0.350. The minimum absolute atomic E-state index is 0.0214. The van der Waals surface area contributed by atoms with Gasteiger partial charge in [-0.25, -0.2) is 12.7 Å². The summed E-state index contributed by atoms with van der Waals surface area (Å²) in [4.78, 5) is -0.112. The molecule has 1 N–H and O–H groups in total. The standard InChI is InChI=1S/C14H17Cl2NO3S/c1-3-4-7-17(2)21(19,20)14-12(15)9-11(6-5-8-18)10-13(14)16/h9-10,18H,3-4,7-8H2,1-2H3. The van der Waals surface area contributed by atoms with E-state index in [0.29, 0.717) is 12.1 Å². The number of hydrogen-bond acceptors (Lipinski definition) is 3. The molecule has 0 amide bonds. The molecule has 0 bridgehead atoms. The molecular formula is C14H17Cl2NO3S. The minimum atomic E-state index is -3.74. The van der Waals surface area contributed by atoms with Crippen molar-refractivity contribution in [3.05, 3.63) is 27.7 Å². The van der Waals surface area contributed by atoms with E-state index in [1.807, 2.05) is 6.92 Å². The van der Waals surface area contributed by atoms with Crippen LogP contribution < -0.4 is 0 Å². The summed E-state index contributed by atoms with van der Waals surface area (Å²) in [6.07, 6.45) is 1.64. The highest BCUT2D eigenvalue weighted by molar-refractivity contribution is 7.89. The molecule has 0 fully saturated rings. The normalized spacial score (nSPS) is 11.3. The van der Waals surface area contributed by atoms with Crippen LogP contribution in [0.3, 0.4) is 0 Å². The Bertz CT molecular complexity index is 640. The van der Waals surface area contributed by atoms with Gasteiger partial charge in [0.15, 0.2) is 0 Å². The average molecular weight is 350 g/mol. The average Bonchev–Trinajstić information content (AvgIpc) is 2.41. The van der Waals surface area contributed by atoms with Crippen molar-refractivity contribution >= 4 is 33.2 Å². The van der Waals surface area contributed by atoms with Crippen LogP contribution in [0, 0.1) is 11.8 Å². The summed E-state index contributed by atoms with van der Waals surface area (Å²) < 4.78 is 26.2. The van der Waals surface area contributed by atoms with Gasteiger partial charge in [0.05, 0.1) is 10.0 Å². The molecule has 0 atom stereocenters. The molecule has 0 aliphatic heterocycles. The highest BCUT2D eigenvalue weighted by Crippen LogP contribution is 2.32. The zero-order valence-corrected chi connectivity index (χ0v) is 14.2. The quantitative estimate of drug-likeness (QED) is 0.831. The molecule has 0 unspecified atom stereocenters. The van der Waals surface area contributed by atoms with Gasteiger partial charge in [0, 0.05) is 19.2 Å². The molecule has 7 heteroatoms. The Labute approximate surface area is 135 Å². The van der Waals surface area contributed by atoms with Gasteiger partial charge >= 0.3 is 0 Å². The number of sulfonamides is 1. The summed E-state index contributed by atoms with van der Waals surface area (Å²) >= 11 is 12.1. The van der Waals surface area contributed by atoms with Crippen LogP contribution in [0.2, 0.25) is 10.0 Å². The van der Waals surface area contributed by atoms with Gasteiger partial charge in [-0.3, -0.25) is 0 Å². The van der Waals surface area contributed by atoms with Crippen molar-refractivity contribution in [3.8, 4) is 11.8 Å². The van der Waals surface area contributed by atoms with Crippen molar-refractivity contribution in [2.75, 3.05) is 20.2 Å². The van der Waals surface area contributed by atoms with Gasteiger partial charge in [0.2, 0.25) is 10.0 Å². The fourth-order valence-corrected chi connectivity index (χ4v) is 4.04. The summed E-state index contributed by atoms with van der Waals surface area (Å²) in [5.41, 5.74) is 0.453. The van der Waals surface area contributed by atoms with Crippen LogP contribution in [-0.4, -0.2) is 38.0 Å². The maximum Gasteiger partial charge on any atom is 0.245 e. The summed E-state index contributed by atoms with van der Waals surface area (Å²) in [6, 6.07) is 2.85. The minimum Gasteiger partial charge on any atom is -0.384 e. The third-order valence-electron chi connectivity index (χ3n) is 2.80. The van der Waals surface area contributed by atoms with Crippen molar-refractivity contribution in [1.29, 1.82) is 0 Å². The zero-order chi connectivity index (χ0) is 16.0. The topological polar surface area (TPSA) is 57.6 Å². The van der Waals surface area contributed by atoms with E-state index in [9.17, 15) is 8.42 Å². The van der Waals surface area contributed by atoms with Crippen molar-refractivity contribution in [1.82, 2.24) is 4.31 Å². The highest BCUT2D eigenvalue weighted by Gasteiger charge is 2.26. The number of aliphatic hydroxyl groups is 1. The highest BCUT2D eigenvalue weighted by atomic mass is 35.5. The Morgan fingerprint density at radius 2 is 1.86 bits per heavy atom. The fraction of sp³-hybridized carbons (Fsp3) is 0.429. The molecule has 0 aromatic heterocycles. The van der Waals surface area contributed by atoms with Gasteiger partial charge in [-0.05, 0) is 18.6 Å². The number of hydrogen-bond donors (Lipinski definition) is 1. The summed E-state index contributed by atoms with van der Waals surface area (Å²) in [6.45, 7) is 2.08. The van der Waals surface area contributed by atoms with Crippen LogP contribution in [0.15, 0.2) is 17.0 Å². The van der Waals surface area contributed by atoms with Crippen LogP contribution in [0.25, 0.3) is 0 Å². The van der Waals surface area contributed by atoms with Gasteiger partial charge in [0.25, 0.3) is 0 Å². The summed E-state index contributed by atoms with van der Waals surface area (Å²) in [5, 5.41) is 8.71. The van der Waals surface area contributed by atoms with Crippen LogP contribution >= 0.6 is 23.2 Å². The second-order valence-corrected chi connectivity index (χ2v) is 7.21. The molecule has 21 heavy (non-hydrogen) atoms. The first kappa shape index (κ1) is 18.3. The lowest BCUT2D eigenvalue weighted by Crippen LogP contribution is -2.28. The SMILES string of the molecule is CCCCN(C)S(=O)(=O)c1c(Cl)cc(C#CCO)cc1Cl.